The van der Waals surface area contributed by atoms with Crippen molar-refractivity contribution in [3.8, 4) is 0 Å². The molecule has 1 rings (SSSR count). The number of hydrogen-bond donors (Lipinski definition) is 3. The Labute approximate surface area is 113 Å². The maximum absolute atomic E-state index is 11.2. The average molecular weight is 266 g/mol. The number of nitrogens with zero attached hydrogens (tertiary/aromatic N) is 3. The number of amides is 1. The van der Waals surface area contributed by atoms with Crippen molar-refractivity contribution in [2.24, 2.45) is 11.6 Å². The van der Waals surface area contributed by atoms with Crippen molar-refractivity contribution in [1.29, 1.82) is 0 Å². The van der Waals surface area contributed by atoms with E-state index in [2.05, 4.69) is 22.3 Å². The number of hydrazine groups is 1. The maximum atomic E-state index is 11.2. The molecular weight excluding hydrogens is 244 g/mol. The van der Waals surface area contributed by atoms with Gasteiger partial charge in [0.05, 0.1) is 6.54 Å². The summed E-state index contributed by atoms with van der Waals surface area (Å²) in [5.74, 6) is 6.37. The lowest BCUT2D eigenvalue weighted by Crippen LogP contribution is -2.36. The van der Waals surface area contributed by atoms with Crippen LogP contribution in [-0.2, 0) is 11.2 Å². The summed E-state index contributed by atoms with van der Waals surface area (Å²) in [4.78, 5) is 21.4. The third-order valence-corrected chi connectivity index (χ3v) is 2.84. The summed E-state index contributed by atoms with van der Waals surface area (Å²) in [5.41, 5.74) is 8.75. The Balaban J connectivity index is 3.09. The molecule has 0 fully saturated rings. The zero-order valence-corrected chi connectivity index (χ0v) is 11.5. The molecule has 0 aromatic carbocycles. The molecule has 7 heteroatoms. The van der Waals surface area contributed by atoms with Crippen LogP contribution >= 0.6 is 0 Å². The summed E-state index contributed by atoms with van der Waals surface area (Å²) < 4.78 is 0. The lowest BCUT2D eigenvalue weighted by molar-refractivity contribution is -0.116. The van der Waals surface area contributed by atoms with E-state index in [4.69, 9.17) is 11.6 Å². The summed E-state index contributed by atoms with van der Waals surface area (Å²) >= 11 is 0. The van der Waals surface area contributed by atoms with E-state index < -0.39 is 0 Å². The van der Waals surface area contributed by atoms with Gasteiger partial charge < -0.3 is 16.1 Å². The lowest BCUT2D eigenvalue weighted by Gasteiger charge is -2.24. The molecule has 0 bridgehead atoms. The first-order valence-electron chi connectivity index (χ1n) is 6.47. The summed E-state index contributed by atoms with van der Waals surface area (Å²) in [5, 5.41) is 0. The van der Waals surface area contributed by atoms with Gasteiger partial charge in [-0.25, -0.2) is 15.8 Å². The molecule has 0 aliphatic rings. The van der Waals surface area contributed by atoms with Crippen LogP contribution in [0.4, 0.5) is 11.6 Å². The number of hydrogen-bond acceptors (Lipinski definition) is 6. The molecule has 0 saturated carbocycles. The number of nitrogen functional groups attached to an aromatic ring is 1. The van der Waals surface area contributed by atoms with Crippen molar-refractivity contribution in [1.82, 2.24) is 9.97 Å². The molecule has 19 heavy (non-hydrogen) atoms. The Morgan fingerprint density at radius 1 is 1.42 bits per heavy atom. The Bertz CT molecular complexity index is 423. The minimum absolute atomic E-state index is 0.147. The Kier molecular flexibility index (Phi) is 6.01. The van der Waals surface area contributed by atoms with Crippen LogP contribution in [0.1, 0.15) is 32.3 Å². The second-order valence-corrected chi connectivity index (χ2v) is 4.26. The monoisotopic (exact) mass is 266 g/mol. The molecular formula is C12H22N6O. The Morgan fingerprint density at radius 2 is 2.16 bits per heavy atom. The van der Waals surface area contributed by atoms with Crippen molar-refractivity contribution in [2.45, 2.75) is 33.1 Å². The largest absolute Gasteiger partial charge is 0.368 e. The molecule has 0 atom stereocenters. The molecule has 0 radical (unpaired) electrons. The van der Waals surface area contributed by atoms with Crippen LogP contribution in [0.2, 0.25) is 0 Å². The van der Waals surface area contributed by atoms with E-state index in [1.807, 2.05) is 11.8 Å². The fraction of sp³-hybridized carbons (Fsp3) is 0.583. The lowest BCUT2D eigenvalue weighted by atomic mass is 10.2. The predicted molar refractivity (Wildman–Crippen MR) is 75.5 cm³/mol. The van der Waals surface area contributed by atoms with E-state index in [1.54, 1.807) is 0 Å². The summed E-state index contributed by atoms with van der Waals surface area (Å²) in [6, 6.07) is 0. The first-order valence-corrected chi connectivity index (χ1v) is 6.47. The third-order valence-electron chi connectivity index (χ3n) is 2.84. The first kappa shape index (κ1) is 15.2. The normalized spacial score (nSPS) is 10.3. The average Bonchev–Trinajstić information content (AvgIpc) is 2.41. The van der Waals surface area contributed by atoms with Crippen molar-refractivity contribution < 1.29 is 4.79 Å². The van der Waals surface area contributed by atoms with Crippen LogP contribution in [0.3, 0.4) is 0 Å². The fourth-order valence-electron chi connectivity index (χ4n) is 1.92. The molecule has 5 N–H and O–H groups in total. The summed E-state index contributed by atoms with van der Waals surface area (Å²) in [6.07, 6.45) is 4.15. The molecule has 0 aliphatic carbocycles. The van der Waals surface area contributed by atoms with Gasteiger partial charge in [0.1, 0.15) is 18.0 Å². The van der Waals surface area contributed by atoms with Crippen LogP contribution in [-0.4, -0.2) is 29.0 Å². The number of primary amides is 1. The zero-order chi connectivity index (χ0) is 14.3. The molecule has 1 aromatic heterocycles. The Morgan fingerprint density at radius 3 is 2.68 bits per heavy atom. The topological polar surface area (TPSA) is 110 Å². The number of nitrogens with one attached hydrogen (secondary N) is 1. The van der Waals surface area contributed by atoms with Crippen molar-refractivity contribution in [3.63, 3.8) is 0 Å². The van der Waals surface area contributed by atoms with E-state index in [-0.39, 0.29) is 12.5 Å². The van der Waals surface area contributed by atoms with Crippen LogP contribution in [0.5, 0.6) is 0 Å². The summed E-state index contributed by atoms with van der Waals surface area (Å²) in [7, 11) is 0. The first-order chi connectivity index (χ1) is 9.13. The van der Waals surface area contributed by atoms with Gasteiger partial charge in [-0.1, -0.05) is 20.3 Å². The number of carbonyl (C=O) groups is 1. The van der Waals surface area contributed by atoms with Gasteiger partial charge in [-0.15, -0.1) is 0 Å². The van der Waals surface area contributed by atoms with Crippen molar-refractivity contribution in [3.05, 3.63) is 11.9 Å². The number of anilines is 2. The zero-order valence-electron chi connectivity index (χ0n) is 11.5. The smallest absolute Gasteiger partial charge is 0.236 e. The van der Waals surface area contributed by atoms with Gasteiger partial charge in [-0.05, 0) is 12.8 Å². The highest BCUT2D eigenvalue weighted by Crippen LogP contribution is 2.23. The minimum atomic E-state index is -0.376. The van der Waals surface area contributed by atoms with Crippen LogP contribution < -0.4 is 21.9 Å². The van der Waals surface area contributed by atoms with Gasteiger partial charge in [-0.3, -0.25) is 4.79 Å². The minimum Gasteiger partial charge on any atom is -0.368 e. The molecule has 106 valence electrons. The molecule has 0 unspecified atom stereocenters. The predicted octanol–water partition coefficient (Wildman–Crippen LogP) is 0.416. The maximum Gasteiger partial charge on any atom is 0.236 e. The quantitative estimate of drug-likeness (QED) is 0.464. The van der Waals surface area contributed by atoms with Gasteiger partial charge in [0, 0.05) is 12.1 Å². The fourth-order valence-corrected chi connectivity index (χ4v) is 1.92. The van der Waals surface area contributed by atoms with E-state index in [1.165, 1.54) is 6.33 Å². The standard InChI is InChI=1S/C12H22N6O/c1-3-5-6-18(7-10(13)19)12-9(4-2)11(17-14)15-8-16-12/h8H,3-7,14H2,1-2H3,(H2,13,19)(H,15,16,17). The van der Waals surface area contributed by atoms with E-state index in [0.29, 0.717) is 5.82 Å². The summed E-state index contributed by atoms with van der Waals surface area (Å²) in [6.45, 7) is 4.96. The molecule has 0 spiro atoms. The second-order valence-electron chi connectivity index (χ2n) is 4.26. The van der Waals surface area contributed by atoms with Crippen LogP contribution in [0.15, 0.2) is 6.33 Å². The van der Waals surface area contributed by atoms with Gasteiger partial charge in [-0.2, -0.15) is 0 Å². The molecule has 7 nitrogen and oxygen atoms in total. The van der Waals surface area contributed by atoms with Gasteiger partial charge in [0.2, 0.25) is 5.91 Å². The third kappa shape index (κ3) is 4.06. The molecule has 1 aromatic rings. The van der Waals surface area contributed by atoms with E-state index >= 15 is 0 Å². The highest BCUT2D eigenvalue weighted by molar-refractivity contribution is 5.79. The van der Waals surface area contributed by atoms with Crippen molar-refractivity contribution in [2.75, 3.05) is 23.4 Å². The van der Waals surface area contributed by atoms with Gasteiger partial charge in [0.25, 0.3) is 0 Å². The number of unbranched alkanes of at least 4 members (excludes halogenated alkanes) is 1. The highest BCUT2D eigenvalue weighted by atomic mass is 16.1. The number of aromatic nitrogens is 2. The molecule has 1 heterocycles. The second kappa shape index (κ2) is 7.52. The molecule has 0 aliphatic heterocycles. The number of nitrogens with two attached hydrogens (primary N) is 2. The SMILES string of the molecule is CCCCN(CC(N)=O)c1ncnc(NN)c1CC. The molecule has 1 amide bonds. The van der Waals surface area contributed by atoms with Crippen molar-refractivity contribution >= 4 is 17.5 Å². The number of rotatable bonds is 8. The number of carbonyl (C=O) groups excluding carboxylic acids is 1. The van der Waals surface area contributed by atoms with Crippen LogP contribution in [0.25, 0.3) is 0 Å². The van der Waals surface area contributed by atoms with Gasteiger partial charge in [0.15, 0.2) is 0 Å². The van der Waals surface area contributed by atoms with Crippen LogP contribution in [0, 0.1) is 0 Å². The Hall–Kier alpha value is -1.89. The van der Waals surface area contributed by atoms with E-state index in [0.717, 1.165) is 37.2 Å². The highest BCUT2D eigenvalue weighted by Gasteiger charge is 2.17. The molecule has 0 saturated heterocycles. The van der Waals surface area contributed by atoms with E-state index in [9.17, 15) is 4.79 Å². The van der Waals surface area contributed by atoms with Gasteiger partial charge >= 0.3 is 0 Å².